The highest BCUT2D eigenvalue weighted by molar-refractivity contribution is 6.30. The molecule has 1 aromatic carbocycles. The molecule has 4 nitrogen and oxygen atoms in total. The predicted octanol–water partition coefficient (Wildman–Crippen LogP) is 2.76. The second-order valence-electron chi connectivity index (χ2n) is 8.21. The van der Waals surface area contributed by atoms with Gasteiger partial charge in [-0.1, -0.05) is 23.7 Å². The Labute approximate surface area is 155 Å². The van der Waals surface area contributed by atoms with E-state index in [1.54, 1.807) is 0 Å². The molecule has 3 saturated heterocycles. The fraction of sp³-hybridized carbons (Fsp3) is 0.650. The Morgan fingerprint density at radius 1 is 1.20 bits per heavy atom. The van der Waals surface area contributed by atoms with E-state index in [1.807, 2.05) is 24.3 Å². The molecule has 3 fully saturated rings. The van der Waals surface area contributed by atoms with E-state index in [4.69, 9.17) is 11.6 Å². The Kier molecular flexibility index (Phi) is 5.03. The van der Waals surface area contributed by atoms with Crippen molar-refractivity contribution in [2.45, 2.75) is 32.2 Å². The average molecular weight is 362 g/mol. The van der Waals surface area contributed by atoms with Crippen LogP contribution in [-0.2, 0) is 11.3 Å². The minimum Gasteiger partial charge on any atom is -0.338 e. The van der Waals surface area contributed by atoms with Crippen LogP contribution >= 0.6 is 11.6 Å². The summed E-state index contributed by atoms with van der Waals surface area (Å²) in [5, 5.41) is 4.21. The summed E-state index contributed by atoms with van der Waals surface area (Å²) in [7, 11) is 0. The van der Waals surface area contributed by atoms with Crippen molar-refractivity contribution >= 4 is 17.5 Å². The summed E-state index contributed by atoms with van der Waals surface area (Å²) in [6.07, 6.45) is 4.38. The molecule has 0 radical (unpaired) electrons. The van der Waals surface area contributed by atoms with E-state index in [1.165, 1.54) is 31.6 Å². The van der Waals surface area contributed by atoms with Crippen LogP contribution < -0.4 is 5.32 Å². The van der Waals surface area contributed by atoms with Crippen molar-refractivity contribution in [2.24, 2.45) is 11.3 Å². The highest BCUT2D eigenvalue weighted by Crippen LogP contribution is 2.41. The molecule has 5 heteroatoms. The standard InChI is InChI=1S/C20H28ClN3O/c21-18-3-1-16(2-4-18)14-24-15-20(11-19(24)25)6-9-23(10-7-20)13-17-5-8-22-12-17/h1-4,17,22H,5-15H2/t17-/m0/s1. The number of hydrogen-bond acceptors (Lipinski definition) is 3. The molecular weight excluding hydrogens is 334 g/mol. The van der Waals surface area contributed by atoms with Crippen molar-refractivity contribution in [3.05, 3.63) is 34.9 Å². The first-order valence-corrected chi connectivity index (χ1v) is 9.95. The topological polar surface area (TPSA) is 35.6 Å². The van der Waals surface area contributed by atoms with E-state index in [0.717, 1.165) is 56.4 Å². The summed E-state index contributed by atoms with van der Waals surface area (Å²) in [5.74, 6) is 1.14. The van der Waals surface area contributed by atoms with E-state index >= 15 is 0 Å². The monoisotopic (exact) mass is 361 g/mol. The Balaban J connectivity index is 1.31. The zero-order valence-corrected chi connectivity index (χ0v) is 15.6. The lowest BCUT2D eigenvalue weighted by molar-refractivity contribution is -0.128. The summed E-state index contributed by atoms with van der Waals surface area (Å²) in [4.78, 5) is 17.2. The Morgan fingerprint density at radius 2 is 1.96 bits per heavy atom. The third kappa shape index (κ3) is 4.02. The van der Waals surface area contributed by atoms with Gasteiger partial charge < -0.3 is 15.1 Å². The molecular formula is C20H28ClN3O. The minimum absolute atomic E-state index is 0.216. The predicted molar refractivity (Wildman–Crippen MR) is 101 cm³/mol. The lowest BCUT2D eigenvalue weighted by Crippen LogP contribution is -2.43. The number of hydrogen-bond donors (Lipinski definition) is 1. The first kappa shape index (κ1) is 17.3. The zero-order chi connectivity index (χ0) is 17.3. The van der Waals surface area contributed by atoms with Crippen molar-refractivity contribution in [3.8, 4) is 0 Å². The molecule has 3 aliphatic rings. The number of carbonyl (C=O) groups is 1. The quantitative estimate of drug-likeness (QED) is 0.895. The fourth-order valence-electron chi connectivity index (χ4n) is 4.72. The van der Waals surface area contributed by atoms with Crippen LogP contribution in [0.3, 0.4) is 0 Å². The van der Waals surface area contributed by atoms with Gasteiger partial charge in [0.05, 0.1) is 0 Å². The first-order chi connectivity index (χ1) is 12.1. The Hall–Kier alpha value is -1.10. The second-order valence-corrected chi connectivity index (χ2v) is 8.65. The maximum atomic E-state index is 12.6. The van der Waals surface area contributed by atoms with Crippen LogP contribution in [0.1, 0.15) is 31.2 Å². The molecule has 1 spiro atoms. The number of carbonyl (C=O) groups excluding carboxylic acids is 1. The number of nitrogens with one attached hydrogen (secondary N) is 1. The number of nitrogens with zero attached hydrogens (tertiary/aromatic N) is 2. The van der Waals surface area contributed by atoms with Crippen molar-refractivity contribution in [3.63, 3.8) is 0 Å². The van der Waals surface area contributed by atoms with E-state index in [2.05, 4.69) is 15.1 Å². The van der Waals surface area contributed by atoms with Gasteiger partial charge in [-0.15, -0.1) is 0 Å². The van der Waals surface area contributed by atoms with E-state index in [9.17, 15) is 4.79 Å². The third-order valence-electron chi connectivity index (χ3n) is 6.29. The molecule has 1 atom stereocenters. The van der Waals surface area contributed by atoms with Crippen molar-refractivity contribution in [1.82, 2.24) is 15.1 Å². The summed E-state index contributed by atoms with van der Waals surface area (Å²) in [6, 6.07) is 7.87. The van der Waals surface area contributed by atoms with E-state index in [-0.39, 0.29) is 5.41 Å². The van der Waals surface area contributed by atoms with Gasteiger partial charge in [0, 0.05) is 31.1 Å². The van der Waals surface area contributed by atoms with Crippen LogP contribution in [0.5, 0.6) is 0 Å². The molecule has 0 saturated carbocycles. The normalized spacial score (nSPS) is 26.7. The fourth-order valence-corrected chi connectivity index (χ4v) is 4.84. The molecule has 0 aliphatic carbocycles. The van der Waals surface area contributed by atoms with Gasteiger partial charge in [-0.25, -0.2) is 0 Å². The van der Waals surface area contributed by atoms with Gasteiger partial charge in [0.25, 0.3) is 0 Å². The van der Waals surface area contributed by atoms with Crippen molar-refractivity contribution in [1.29, 1.82) is 0 Å². The van der Waals surface area contributed by atoms with Crippen molar-refractivity contribution in [2.75, 3.05) is 39.3 Å². The maximum absolute atomic E-state index is 12.6. The molecule has 1 aromatic rings. The zero-order valence-electron chi connectivity index (χ0n) is 14.8. The lowest BCUT2D eigenvalue weighted by atomic mass is 9.77. The molecule has 25 heavy (non-hydrogen) atoms. The second kappa shape index (κ2) is 7.26. The summed E-state index contributed by atoms with van der Waals surface area (Å²) in [6.45, 7) is 7.52. The maximum Gasteiger partial charge on any atom is 0.223 e. The van der Waals surface area contributed by atoms with E-state index < -0.39 is 0 Å². The van der Waals surface area contributed by atoms with Gasteiger partial charge >= 0.3 is 0 Å². The highest BCUT2D eigenvalue weighted by atomic mass is 35.5. The van der Waals surface area contributed by atoms with E-state index in [0.29, 0.717) is 5.91 Å². The summed E-state index contributed by atoms with van der Waals surface area (Å²) < 4.78 is 0. The molecule has 0 aromatic heterocycles. The molecule has 1 amide bonds. The molecule has 4 rings (SSSR count). The van der Waals surface area contributed by atoms with Crippen LogP contribution in [0.15, 0.2) is 24.3 Å². The number of benzene rings is 1. The van der Waals surface area contributed by atoms with Gasteiger partial charge in [-0.3, -0.25) is 4.79 Å². The van der Waals surface area contributed by atoms with Crippen LogP contribution in [0.2, 0.25) is 5.02 Å². The van der Waals surface area contributed by atoms with Crippen LogP contribution in [0.4, 0.5) is 0 Å². The molecule has 1 N–H and O–H groups in total. The van der Waals surface area contributed by atoms with Crippen LogP contribution in [0.25, 0.3) is 0 Å². The smallest absolute Gasteiger partial charge is 0.223 e. The van der Waals surface area contributed by atoms with Crippen LogP contribution in [0, 0.1) is 11.3 Å². The molecule has 3 heterocycles. The third-order valence-corrected chi connectivity index (χ3v) is 6.54. The molecule has 0 unspecified atom stereocenters. The summed E-state index contributed by atoms with van der Waals surface area (Å²) >= 11 is 5.96. The SMILES string of the molecule is O=C1CC2(CCN(C[C@H]3CCNC3)CC2)CN1Cc1ccc(Cl)cc1. The Morgan fingerprint density at radius 3 is 2.64 bits per heavy atom. The van der Waals surface area contributed by atoms with Gasteiger partial charge in [0.15, 0.2) is 0 Å². The number of rotatable bonds is 4. The average Bonchev–Trinajstić information content (AvgIpc) is 3.21. The number of amides is 1. The van der Waals surface area contributed by atoms with Crippen LogP contribution in [-0.4, -0.2) is 55.0 Å². The molecule has 3 aliphatic heterocycles. The van der Waals surface area contributed by atoms with Crippen molar-refractivity contribution < 1.29 is 4.79 Å². The minimum atomic E-state index is 0.216. The molecule has 136 valence electrons. The van der Waals surface area contributed by atoms with Gasteiger partial charge in [0.1, 0.15) is 0 Å². The Bertz CT molecular complexity index is 604. The van der Waals surface area contributed by atoms with Gasteiger partial charge in [0.2, 0.25) is 5.91 Å². The van der Waals surface area contributed by atoms with Gasteiger partial charge in [-0.05, 0) is 74.5 Å². The lowest BCUT2D eigenvalue weighted by Gasteiger charge is -2.39. The molecule has 0 bridgehead atoms. The highest BCUT2D eigenvalue weighted by Gasteiger charge is 2.44. The van der Waals surface area contributed by atoms with Gasteiger partial charge in [-0.2, -0.15) is 0 Å². The number of halogens is 1. The summed E-state index contributed by atoms with van der Waals surface area (Å²) in [5.41, 5.74) is 1.38. The number of likely N-dealkylation sites (tertiary alicyclic amines) is 2. The largest absolute Gasteiger partial charge is 0.338 e. The first-order valence-electron chi connectivity index (χ1n) is 9.57. The number of piperidine rings is 1.